The number of fused-ring (bicyclic) bond motifs is 3. The molecule has 4 nitrogen and oxygen atoms in total. The van der Waals surface area contributed by atoms with Crippen molar-refractivity contribution in [1.82, 2.24) is 4.98 Å². The van der Waals surface area contributed by atoms with E-state index in [4.69, 9.17) is 9.47 Å². The topological polar surface area (TPSA) is 51.3 Å². The fourth-order valence-electron chi connectivity index (χ4n) is 4.23. The van der Waals surface area contributed by atoms with Gasteiger partial charge in [-0.15, -0.1) is 0 Å². The van der Waals surface area contributed by atoms with Gasteiger partial charge in [0, 0.05) is 22.2 Å². The van der Waals surface area contributed by atoms with Gasteiger partial charge in [0.15, 0.2) is 0 Å². The predicted octanol–water partition coefficient (Wildman–Crippen LogP) is 3.97. The fraction of sp³-hybridized carbons (Fsp3) is 0.286. The van der Waals surface area contributed by atoms with Gasteiger partial charge in [-0.2, -0.15) is 0 Å². The number of carbonyl (C=O) groups is 1. The van der Waals surface area contributed by atoms with Gasteiger partial charge in [-0.25, -0.2) is 0 Å². The number of hydrogen-bond acceptors (Lipinski definition) is 3. The Kier molecular flexibility index (Phi) is 3.75. The maximum Gasteiger partial charge on any atom is 0.322 e. The molecule has 0 spiro atoms. The van der Waals surface area contributed by atoms with Gasteiger partial charge in [0.1, 0.15) is 11.2 Å². The van der Waals surface area contributed by atoms with E-state index in [2.05, 4.69) is 17.1 Å². The third-order valence-corrected chi connectivity index (χ3v) is 5.32. The van der Waals surface area contributed by atoms with Crippen LogP contribution in [0.1, 0.15) is 29.7 Å². The van der Waals surface area contributed by atoms with Gasteiger partial charge in [0.25, 0.3) is 0 Å². The second kappa shape index (κ2) is 5.96. The number of rotatable bonds is 3. The average molecular weight is 335 g/mol. The van der Waals surface area contributed by atoms with Crippen LogP contribution >= 0.6 is 0 Å². The number of aromatic amines is 1. The molecule has 1 aliphatic carbocycles. The number of carbonyl (C=O) groups excluding carboxylic acids is 1. The lowest BCUT2D eigenvalue weighted by molar-refractivity contribution is -0.146. The summed E-state index contributed by atoms with van der Waals surface area (Å²) in [5.74, 6) is 0.462. The second-order valence-corrected chi connectivity index (χ2v) is 6.47. The normalized spacial score (nSPS) is 19.4. The standard InChI is InChI=1S/C21H21NO3/c1-24-18-12-6-4-10-16(18)21(20(23)25-2)13-7-9-15-14-8-3-5-11-17(14)22-19(15)21/h3-6,8,10-12,22H,7,9,13H2,1-2H3/t21-/m0/s1. The van der Waals surface area contributed by atoms with Crippen LogP contribution in [0.25, 0.3) is 10.9 Å². The Bertz CT molecular complexity index is 943. The van der Waals surface area contributed by atoms with Crippen molar-refractivity contribution in [3.05, 3.63) is 65.4 Å². The van der Waals surface area contributed by atoms with Gasteiger partial charge in [-0.05, 0) is 37.0 Å². The number of hydrogen-bond donors (Lipinski definition) is 1. The lowest BCUT2D eigenvalue weighted by Crippen LogP contribution is -2.41. The zero-order valence-corrected chi connectivity index (χ0v) is 14.5. The molecule has 0 unspecified atom stereocenters. The van der Waals surface area contributed by atoms with Crippen molar-refractivity contribution in [2.45, 2.75) is 24.7 Å². The number of benzene rings is 2. The van der Waals surface area contributed by atoms with Crippen LogP contribution in [0.2, 0.25) is 0 Å². The lowest BCUT2D eigenvalue weighted by atomic mass is 9.68. The number of H-pyrrole nitrogens is 1. The van der Waals surface area contributed by atoms with Crippen molar-refractivity contribution in [2.24, 2.45) is 0 Å². The zero-order valence-electron chi connectivity index (χ0n) is 14.5. The summed E-state index contributed by atoms with van der Waals surface area (Å²) < 4.78 is 10.9. The molecule has 4 heteroatoms. The molecule has 0 radical (unpaired) electrons. The van der Waals surface area contributed by atoms with Crippen molar-refractivity contribution >= 4 is 16.9 Å². The maximum atomic E-state index is 13.1. The van der Waals surface area contributed by atoms with Crippen LogP contribution in [0, 0.1) is 0 Å². The summed E-state index contributed by atoms with van der Waals surface area (Å²) in [6, 6.07) is 15.9. The van der Waals surface area contributed by atoms with Gasteiger partial charge >= 0.3 is 5.97 Å². The maximum absolute atomic E-state index is 13.1. The second-order valence-electron chi connectivity index (χ2n) is 6.47. The molecule has 25 heavy (non-hydrogen) atoms. The summed E-state index contributed by atoms with van der Waals surface area (Å²) >= 11 is 0. The van der Waals surface area contributed by atoms with E-state index in [0.717, 1.165) is 29.6 Å². The number of nitrogens with one attached hydrogen (secondary N) is 1. The smallest absolute Gasteiger partial charge is 0.322 e. The van der Waals surface area contributed by atoms with Crippen molar-refractivity contribution in [3.8, 4) is 5.75 Å². The first-order valence-corrected chi connectivity index (χ1v) is 8.54. The molecular formula is C21H21NO3. The quantitative estimate of drug-likeness (QED) is 0.737. The van der Waals surface area contributed by atoms with E-state index >= 15 is 0 Å². The Morgan fingerprint density at radius 2 is 1.84 bits per heavy atom. The minimum Gasteiger partial charge on any atom is -0.496 e. The number of aromatic nitrogens is 1. The third-order valence-electron chi connectivity index (χ3n) is 5.32. The Hall–Kier alpha value is -2.75. The van der Waals surface area contributed by atoms with Crippen LogP contribution in [0.3, 0.4) is 0 Å². The van der Waals surface area contributed by atoms with Gasteiger partial charge < -0.3 is 14.5 Å². The Morgan fingerprint density at radius 1 is 1.08 bits per heavy atom. The van der Waals surface area contributed by atoms with Crippen molar-refractivity contribution in [1.29, 1.82) is 0 Å². The van der Waals surface area contributed by atoms with Crippen molar-refractivity contribution in [3.63, 3.8) is 0 Å². The highest BCUT2D eigenvalue weighted by Crippen LogP contribution is 2.48. The zero-order chi connectivity index (χ0) is 17.4. The SMILES string of the molecule is COC(=O)[C@]1(c2ccccc2OC)CCCc2c1[nH]c1ccccc21. The van der Waals surface area contributed by atoms with Crippen LogP contribution in [0.15, 0.2) is 48.5 Å². The molecule has 2 aromatic carbocycles. The largest absolute Gasteiger partial charge is 0.496 e. The molecule has 0 saturated carbocycles. The highest BCUT2D eigenvalue weighted by Gasteiger charge is 2.49. The van der Waals surface area contributed by atoms with Crippen LogP contribution in [0.4, 0.5) is 0 Å². The van der Waals surface area contributed by atoms with E-state index in [0.29, 0.717) is 12.2 Å². The van der Waals surface area contributed by atoms with Crippen molar-refractivity contribution < 1.29 is 14.3 Å². The molecule has 1 heterocycles. The minimum atomic E-state index is -0.867. The molecule has 1 aliphatic rings. The molecule has 4 rings (SSSR count). The molecular weight excluding hydrogens is 314 g/mol. The number of para-hydroxylation sites is 2. The third kappa shape index (κ3) is 2.17. The average Bonchev–Trinajstić information content (AvgIpc) is 3.06. The van der Waals surface area contributed by atoms with Crippen LogP contribution in [0.5, 0.6) is 5.75 Å². The van der Waals surface area contributed by atoms with E-state index in [-0.39, 0.29) is 5.97 Å². The van der Waals surface area contributed by atoms with E-state index < -0.39 is 5.41 Å². The first-order chi connectivity index (χ1) is 12.2. The van der Waals surface area contributed by atoms with Gasteiger partial charge in [-0.3, -0.25) is 4.79 Å². The summed E-state index contributed by atoms with van der Waals surface area (Å²) in [5.41, 5.74) is 3.19. The highest BCUT2D eigenvalue weighted by molar-refractivity contribution is 5.94. The summed E-state index contributed by atoms with van der Waals surface area (Å²) in [7, 11) is 3.09. The van der Waals surface area contributed by atoms with E-state index in [1.165, 1.54) is 18.1 Å². The number of esters is 1. The van der Waals surface area contributed by atoms with Crippen LogP contribution < -0.4 is 4.74 Å². The molecule has 0 aliphatic heterocycles. The summed E-state index contributed by atoms with van der Waals surface area (Å²) in [6.45, 7) is 0. The number of ether oxygens (including phenoxy) is 2. The summed E-state index contributed by atoms with van der Waals surface area (Å²) in [5, 5.41) is 1.18. The predicted molar refractivity (Wildman–Crippen MR) is 97.0 cm³/mol. The summed E-state index contributed by atoms with van der Waals surface area (Å²) in [4.78, 5) is 16.6. The molecule has 3 aromatic rings. The molecule has 0 bridgehead atoms. The van der Waals surface area contributed by atoms with Gasteiger partial charge in [0.2, 0.25) is 0 Å². The first kappa shape index (κ1) is 15.8. The van der Waals surface area contributed by atoms with E-state index in [1.807, 2.05) is 36.4 Å². The fourth-order valence-corrected chi connectivity index (χ4v) is 4.23. The van der Waals surface area contributed by atoms with Crippen LogP contribution in [-0.2, 0) is 21.4 Å². The van der Waals surface area contributed by atoms with Gasteiger partial charge in [-0.1, -0.05) is 36.4 Å². The molecule has 0 amide bonds. The molecule has 128 valence electrons. The molecule has 1 atom stereocenters. The van der Waals surface area contributed by atoms with Crippen LogP contribution in [-0.4, -0.2) is 25.2 Å². The summed E-state index contributed by atoms with van der Waals surface area (Å²) in [6.07, 6.45) is 2.56. The Balaban J connectivity index is 2.07. The first-order valence-electron chi connectivity index (χ1n) is 8.54. The molecule has 0 fully saturated rings. The van der Waals surface area contributed by atoms with E-state index in [9.17, 15) is 4.79 Å². The van der Waals surface area contributed by atoms with Crippen molar-refractivity contribution in [2.75, 3.05) is 14.2 Å². The monoisotopic (exact) mass is 335 g/mol. The number of aryl methyl sites for hydroxylation is 1. The Morgan fingerprint density at radius 3 is 2.64 bits per heavy atom. The number of methoxy groups -OCH3 is 2. The molecule has 0 saturated heterocycles. The minimum absolute atomic E-state index is 0.246. The van der Waals surface area contributed by atoms with E-state index in [1.54, 1.807) is 7.11 Å². The molecule has 1 N–H and O–H groups in total. The highest BCUT2D eigenvalue weighted by atomic mass is 16.5. The lowest BCUT2D eigenvalue weighted by Gasteiger charge is -2.36. The Labute approximate surface area is 146 Å². The van der Waals surface area contributed by atoms with Gasteiger partial charge in [0.05, 0.1) is 14.2 Å². The molecule has 1 aromatic heterocycles.